The Morgan fingerprint density at radius 3 is 1.19 bits per heavy atom. The maximum absolute atomic E-state index is 10.9. The van der Waals surface area contributed by atoms with Gasteiger partial charge in [-0.15, -0.1) is 0 Å². The minimum atomic E-state index is -3.10. The fourth-order valence-electron chi connectivity index (χ4n) is 2.06. The Hall–Kier alpha value is 0.360. The van der Waals surface area contributed by atoms with Gasteiger partial charge in [-0.2, -0.15) is 0 Å². The van der Waals surface area contributed by atoms with Crippen molar-refractivity contribution in [3.63, 3.8) is 0 Å². The van der Waals surface area contributed by atoms with Gasteiger partial charge in [-0.25, -0.2) is 13.1 Å². The SMILES string of the molecule is CS(=O)(=O)NCCCCOCCOCCOCCOCCOCCOCCOCCI. The van der Waals surface area contributed by atoms with E-state index in [0.717, 1.165) is 30.1 Å². The zero-order valence-electron chi connectivity index (χ0n) is 18.7. The number of halogens is 1. The van der Waals surface area contributed by atoms with Crippen molar-refractivity contribution in [2.45, 2.75) is 12.8 Å². The molecule has 31 heavy (non-hydrogen) atoms. The number of hydrogen-bond acceptors (Lipinski definition) is 9. The van der Waals surface area contributed by atoms with Gasteiger partial charge >= 0.3 is 0 Å². The normalized spacial score (nSPS) is 11.9. The number of sulfonamides is 1. The highest BCUT2D eigenvalue weighted by molar-refractivity contribution is 14.1. The third-order valence-corrected chi connectivity index (χ3v) is 4.70. The van der Waals surface area contributed by atoms with Gasteiger partial charge in [0, 0.05) is 17.6 Å². The van der Waals surface area contributed by atoms with E-state index in [1.54, 1.807) is 0 Å². The molecule has 0 saturated carbocycles. The van der Waals surface area contributed by atoms with Gasteiger partial charge in [0.2, 0.25) is 10.0 Å². The first-order valence-electron chi connectivity index (χ1n) is 10.6. The summed E-state index contributed by atoms with van der Waals surface area (Å²) in [6, 6.07) is 0. The van der Waals surface area contributed by atoms with E-state index in [1.165, 1.54) is 0 Å². The van der Waals surface area contributed by atoms with E-state index in [0.29, 0.717) is 92.4 Å². The molecule has 0 aromatic heterocycles. The summed E-state index contributed by atoms with van der Waals surface area (Å²) < 4.78 is 62.9. The molecule has 0 spiro atoms. The molecule has 12 heteroatoms. The van der Waals surface area contributed by atoms with Crippen molar-refractivity contribution in [3.8, 4) is 0 Å². The largest absolute Gasteiger partial charge is 0.379 e. The van der Waals surface area contributed by atoms with Crippen molar-refractivity contribution in [2.75, 3.05) is 110 Å². The van der Waals surface area contributed by atoms with Gasteiger partial charge in [0.15, 0.2) is 0 Å². The maximum Gasteiger partial charge on any atom is 0.208 e. The van der Waals surface area contributed by atoms with Crippen molar-refractivity contribution < 1.29 is 41.6 Å². The quantitative estimate of drug-likeness (QED) is 0.0899. The van der Waals surface area contributed by atoms with Crippen molar-refractivity contribution in [2.24, 2.45) is 0 Å². The molecule has 0 aromatic carbocycles. The van der Waals surface area contributed by atoms with Crippen LogP contribution in [0.5, 0.6) is 0 Å². The highest BCUT2D eigenvalue weighted by atomic mass is 127. The average Bonchev–Trinajstić information content (AvgIpc) is 2.73. The second-order valence-electron chi connectivity index (χ2n) is 6.35. The van der Waals surface area contributed by atoms with Crippen LogP contribution in [0.15, 0.2) is 0 Å². The summed E-state index contributed by atoms with van der Waals surface area (Å²) in [5.41, 5.74) is 0. The number of unbranched alkanes of at least 4 members (excludes halogenated alkanes) is 1. The summed E-state index contributed by atoms with van der Waals surface area (Å²) in [5, 5.41) is 0. The lowest BCUT2D eigenvalue weighted by Crippen LogP contribution is -2.23. The van der Waals surface area contributed by atoms with E-state index in [4.69, 9.17) is 33.2 Å². The molecule has 1 N–H and O–H groups in total. The molecule has 0 aliphatic rings. The van der Waals surface area contributed by atoms with E-state index >= 15 is 0 Å². The van der Waals surface area contributed by atoms with Crippen LogP contribution in [0.3, 0.4) is 0 Å². The second kappa shape index (κ2) is 25.0. The standard InChI is InChI=1S/C19H40INO9S/c1-31(22,23)21-5-2-3-6-24-8-10-26-12-14-28-16-18-30-19-17-29-15-13-27-11-9-25-7-4-20/h21H,2-19H2,1H3. The van der Waals surface area contributed by atoms with Crippen molar-refractivity contribution >= 4 is 32.6 Å². The van der Waals surface area contributed by atoms with Crippen LogP contribution in [0.1, 0.15) is 12.8 Å². The van der Waals surface area contributed by atoms with E-state index in [9.17, 15) is 8.42 Å². The first-order chi connectivity index (χ1) is 15.1. The predicted octanol–water partition coefficient (Wildman–Crippen LogP) is 0.867. The average molecular weight is 585 g/mol. The fourth-order valence-corrected chi connectivity index (χ4v) is 2.89. The number of nitrogens with one attached hydrogen (secondary N) is 1. The molecule has 10 nitrogen and oxygen atoms in total. The lowest BCUT2D eigenvalue weighted by molar-refractivity contribution is -0.0201. The van der Waals surface area contributed by atoms with Crippen LogP contribution in [-0.4, -0.2) is 118 Å². The molecule has 188 valence electrons. The minimum absolute atomic E-state index is 0.441. The topological polar surface area (TPSA) is 111 Å². The van der Waals surface area contributed by atoms with E-state index < -0.39 is 10.0 Å². The summed E-state index contributed by atoms with van der Waals surface area (Å²) in [7, 11) is -3.10. The molecule has 0 aliphatic carbocycles. The highest BCUT2D eigenvalue weighted by Crippen LogP contribution is 1.90. The highest BCUT2D eigenvalue weighted by Gasteiger charge is 1.99. The van der Waals surface area contributed by atoms with Crippen molar-refractivity contribution in [3.05, 3.63) is 0 Å². The molecule has 0 aliphatic heterocycles. The number of ether oxygens (including phenoxy) is 7. The number of rotatable bonds is 26. The molecule has 0 bridgehead atoms. The predicted molar refractivity (Wildman–Crippen MR) is 127 cm³/mol. The minimum Gasteiger partial charge on any atom is -0.379 e. The van der Waals surface area contributed by atoms with Crippen LogP contribution < -0.4 is 4.72 Å². The van der Waals surface area contributed by atoms with Gasteiger partial charge < -0.3 is 33.2 Å². The fraction of sp³-hybridized carbons (Fsp3) is 1.00. The number of alkyl halides is 1. The third-order valence-electron chi connectivity index (χ3n) is 3.53. The smallest absolute Gasteiger partial charge is 0.208 e. The van der Waals surface area contributed by atoms with Crippen LogP contribution in [-0.2, 0) is 43.2 Å². The molecule has 0 saturated heterocycles. The summed E-state index contributed by atoms with van der Waals surface area (Å²) in [4.78, 5) is 0. The Bertz CT molecular complexity index is 458. The Morgan fingerprint density at radius 2 is 0.871 bits per heavy atom. The summed E-state index contributed by atoms with van der Waals surface area (Å²) >= 11 is 2.27. The second-order valence-corrected chi connectivity index (χ2v) is 9.26. The van der Waals surface area contributed by atoms with E-state index in [1.807, 2.05) is 0 Å². The molecule has 0 aromatic rings. The van der Waals surface area contributed by atoms with Gasteiger partial charge in [-0.1, -0.05) is 22.6 Å². The van der Waals surface area contributed by atoms with Crippen molar-refractivity contribution in [1.82, 2.24) is 4.72 Å². The van der Waals surface area contributed by atoms with Gasteiger partial charge in [-0.3, -0.25) is 0 Å². The maximum atomic E-state index is 10.9. The lowest BCUT2D eigenvalue weighted by atomic mass is 10.3. The Kier molecular flexibility index (Phi) is 25.3. The zero-order chi connectivity index (χ0) is 22.9. The summed E-state index contributed by atoms with van der Waals surface area (Å²) in [6.07, 6.45) is 2.71. The summed E-state index contributed by atoms with van der Waals surface area (Å²) in [5.74, 6) is 0. The Balaban J connectivity index is 3.04. The number of hydrogen-bond donors (Lipinski definition) is 1. The molecule has 0 heterocycles. The summed E-state index contributed by atoms with van der Waals surface area (Å²) in [6.45, 7) is 8.26. The van der Waals surface area contributed by atoms with Gasteiger partial charge in [0.1, 0.15) is 0 Å². The molecule has 0 amide bonds. The first kappa shape index (κ1) is 31.4. The molecule has 0 fully saturated rings. The molecule has 0 unspecified atom stereocenters. The zero-order valence-corrected chi connectivity index (χ0v) is 21.7. The first-order valence-corrected chi connectivity index (χ1v) is 14.0. The van der Waals surface area contributed by atoms with E-state index in [-0.39, 0.29) is 0 Å². The van der Waals surface area contributed by atoms with E-state index in [2.05, 4.69) is 27.3 Å². The Labute approximate surface area is 201 Å². The van der Waals surface area contributed by atoms with Crippen LogP contribution in [0.2, 0.25) is 0 Å². The third kappa shape index (κ3) is 30.4. The molecule has 0 atom stereocenters. The van der Waals surface area contributed by atoms with Crippen LogP contribution in [0.25, 0.3) is 0 Å². The Morgan fingerprint density at radius 1 is 0.548 bits per heavy atom. The van der Waals surface area contributed by atoms with Crippen molar-refractivity contribution in [1.29, 1.82) is 0 Å². The molecule has 0 rings (SSSR count). The van der Waals surface area contributed by atoms with Crippen LogP contribution in [0, 0.1) is 0 Å². The van der Waals surface area contributed by atoms with Gasteiger partial charge in [-0.05, 0) is 12.8 Å². The lowest BCUT2D eigenvalue weighted by Gasteiger charge is -2.08. The van der Waals surface area contributed by atoms with Crippen LogP contribution >= 0.6 is 22.6 Å². The van der Waals surface area contributed by atoms with Crippen LogP contribution in [0.4, 0.5) is 0 Å². The molecular formula is C19H40INO9S. The van der Waals surface area contributed by atoms with Gasteiger partial charge in [0.05, 0.1) is 92.1 Å². The molecule has 0 radical (unpaired) electrons. The van der Waals surface area contributed by atoms with Gasteiger partial charge in [0.25, 0.3) is 0 Å². The monoisotopic (exact) mass is 585 g/mol. The molecular weight excluding hydrogens is 545 g/mol.